The van der Waals surface area contributed by atoms with Crippen molar-refractivity contribution in [3.05, 3.63) is 53.5 Å². The van der Waals surface area contributed by atoms with Gasteiger partial charge in [-0.3, -0.25) is 19.4 Å². The predicted molar refractivity (Wildman–Crippen MR) is 218 cm³/mol. The summed E-state index contributed by atoms with van der Waals surface area (Å²) in [5, 5.41) is 9.63. The predicted octanol–water partition coefficient (Wildman–Crippen LogP) is 9.35. The quantitative estimate of drug-likeness (QED) is 0.199. The standard InChI is InChI=1S/C47H71N3O5/c1-30(2)40-35(51)26-47(23-25-50(31(3)28-49(10)11)29-32-14-12-13-24-48-32)22-17-34-33(41(40)47)15-16-37-45(34,8)20-18-36-44(6,7)38(19-21-46(36,37)9)55-39(52)27-43(4,5)42(53)54/h12-14,24,30,33-34,36-38H,3,15-23,25-29H2,1-2,4-11H3,(H,53,54). The SMILES string of the molecule is C=C(CN(C)C)N(CCC12CCC3C(CCC4C3(C)CCC3C(C)(C)C(OC(=O)CC(C)(C)C(=O)O)CCC34C)C1=C(C(C)C)C(=O)C2)Cc1ccccn1. The van der Waals surface area contributed by atoms with Gasteiger partial charge in [0.05, 0.1) is 24.1 Å². The van der Waals surface area contributed by atoms with Gasteiger partial charge in [-0.05, 0) is 144 Å². The zero-order chi connectivity index (χ0) is 40.3. The summed E-state index contributed by atoms with van der Waals surface area (Å²) in [7, 11) is 4.18. The highest BCUT2D eigenvalue weighted by atomic mass is 16.5. The van der Waals surface area contributed by atoms with Crippen LogP contribution in [0.1, 0.15) is 132 Å². The van der Waals surface area contributed by atoms with Gasteiger partial charge in [-0.25, -0.2) is 0 Å². The molecule has 8 unspecified atom stereocenters. The second kappa shape index (κ2) is 15.1. The molecule has 0 aromatic carbocycles. The molecule has 304 valence electrons. The van der Waals surface area contributed by atoms with Crippen molar-refractivity contribution in [3.63, 3.8) is 0 Å². The van der Waals surface area contributed by atoms with E-state index in [4.69, 9.17) is 4.74 Å². The average Bonchev–Trinajstić information content (AvgIpc) is 3.40. The fourth-order valence-corrected chi connectivity index (χ4v) is 13.4. The van der Waals surface area contributed by atoms with E-state index in [0.29, 0.717) is 35.9 Å². The van der Waals surface area contributed by atoms with Gasteiger partial charge >= 0.3 is 11.9 Å². The second-order valence-electron chi connectivity index (χ2n) is 20.8. The van der Waals surface area contributed by atoms with Crippen LogP contribution in [0.25, 0.3) is 0 Å². The number of aliphatic carboxylic acids is 1. The summed E-state index contributed by atoms with van der Waals surface area (Å²) in [5.41, 5.74) is 3.66. The van der Waals surface area contributed by atoms with Crippen LogP contribution in [0.15, 0.2) is 47.8 Å². The Kier molecular flexibility index (Phi) is 11.4. The van der Waals surface area contributed by atoms with Crippen LogP contribution in [-0.2, 0) is 25.7 Å². The van der Waals surface area contributed by atoms with E-state index < -0.39 is 17.4 Å². The van der Waals surface area contributed by atoms with E-state index in [1.165, 1.54) is 18.4 Å². The van der Waals surface area contributed by atoms with Gasteiger partial charge in [0.15, 0.2) is 5.78 Å². The Hall–Kier alpha value is -3.00. The van der Waals surface area contributed by atoms with Crippen molar-refractivity contribution < 1.29 is 24.2 Å². The molecule has 4 fully saturated rings. The van der Waals surface area contributed by atoms with Crippen molar-refractivity contribution in [1.82, 2.24) is 14.8 Å². The summed E-state index contributed by atoms with van der Waals surface area (Å²) in [6.45, 7) is 24.3. The normalized spacial score (nSPS) is 34.1. The van der Waals surface area contributed by atoms with Crippen LogP contribution < -0.4 is 0 Å². The maximum Gasteiger partial charge on any atom is 0.309 e. The Morgan fingerprint density at radius 2 is 1.71 bits per heavy atom. The van der Waals surface area contributed by atoms with Gasteiger partial charge in [-0.1, -0.05) is 59.8 Å². The molecule has 6 rings (SSSR count). The molecule has 0 saturated heterocycles. The lowest BCUT2D eigenvalue weighted by Gasteiger charge is -2.69. The average molecular weight is 758 g/mol. The van der Waals surface area contributed by atoms with Crippen LogP contribution in [0.2, 0.25) is 0 Å². The largest absolute Gasteiger partial charge is 0.481 e. The highest BCUT2D eigenvalue weighted by molar-refractivity contribution is 6.00. The molecule has 8 heteroatoms. The zero-order valence-corrected chi connectivity index (χ0v) is 35.8. The van der Waals surface area contributed by atoms with Crippen molar-refractivity contribution in [2.24, 2.45) is 56.7 Å². The third-order valence-electron chi connectivity index (χ3n) is 16.0. The summed E-state index contributed by atoms with van der Waals surface area (Å²) < 4.78 is 6.19. The highest BCUT2D eigenvalue weighted by Crippen LogP contribution is 2.73. The van der Waals surface area contributed by atoms with E-state index in [1.54, 1.807) is 13.8 Å². The molecule has 1 heterocycles. The van der Waals surface area contributed by atoms with E-state index in [1.807, 2.05) is 12.3 Å². The number of fused-ring (bicyclic) bond motifs is 7. The molecule has 55 heavy (non-hydrogen) atoms. The summed E-state index contributed by atoms with van der Waals surface area (Å²) in [4.78, 5) is 48.3. The summed E-state index contributed by atoms with van der Waals surface area (Å²) in [6.07, 6.45) is 11.8. The number of rotatable bonds is 13. The number of hydrogen-bond acceptors (Lipinski definition) is 7. The van der Waals surface area contributed by atoms with Crippen LogP contribution in [0.4, 0.5) is 0 Å². The van der Waals surface area contributed by atoms with Crippen molar-refractivity contribution in [2.75, 3.05) is 27.2 Å². The molecule has 5 aliphatic rings. The summed E-state index contributed by atoms with van der Waals surface area (Å²) >= 11 is 0. The molecular weight excluding hydrogens is 687 g/mol. The summed E-state index contributed by atoms with van der Waals surface area (Å²) in [6, 6.07) is 6.11. The number of ether oxygens (including phenoxy) is 1. The minimum absolute atomic E-state index is 0.0952. The van der Waals surface area contributed by atoms with Crippen molar-refractivity contribution in [2.45, 2.75) is 139 Å². The number of allylic oxidation sites excluding steroid dienone is 2. The smallest absolute Gasteiger partial charge is 0.309 e. The van der Waals surface area contributed by atoms with Crippen molar-refractivity contribution in [1.29, 1.82) is 0 Å². The Morgan fingerprint density at radius 3 is 2.35 bits per heavy atom. The van der Waals surface area contributed by atoms with E-state index in [2.05, 4.69) is 89.1 Å². The minimum Gasteiger partial charge on any atom is -0.481 e. The Labute approximate surface area is 331 Å². The Morgan fingerprint density at radius 1 is 1.00 bits per heavy atom. The molecule has 0 radical (unpaired) electrons. The fourth-order valence-electron chi connectivity index (χ4n) is 13.4. The van der Waals surface area contributed by atoms with Gasteiger partial charge in [0.1, 0.15) is 6.10 Å². The molecule has 8 nitrogen and oxygen atoms in total. The maximum atomic E-state index is 14.2. The first-order valence-electron chi connectivity index (χ1n) is 21.3. The number of Topliss-reactive ketones (excluding diaryl/α,β-unsaturated/α-hetero) is 1. The number of carbonyl (C=O) groups excluding carboxylic acids is 2. The molecule has 0 aliphatic heterocycles. The molecule has 1 aromatic rings. The van der Waals surface area contributed by atoms with E-state index in [9.17, 15) is 19.5 Å². The number of carbonyl (C=O) groups is 3. The van der Waals surface area contributed by atoms with E-state index >= 15 is 0 Å². The third-order valence-corrected chi connectivity index (χ3v) is 16.0. The number of carboxylic acid groups (broad SMARTS) is 1. The number of nitrogens with zero attached hydrogens (tertiary/aromatic N) is 3. The van der Waals surface area contributed by atoms with Crippen molar-refractivity contribution >= 4 is 17.7 Å². The van der Waals surface area contributed by atoms with Crippen molar-refractivity contribution in [3.8, 4) is 0 Å². The van der Waals surface area contributed by atoms with Crippen LogP contribution in [0.5, 0.6) is 0 Å². The molecular formula is C47H71N3O5. The number of hydrogen-bond donors (Lipinski definition) is 1. The molecule has 5 aliphatic carbocycles. The Balaban J connectivity index is 1.25. The van der Waals surface area contributed by atoms with Crippen LogP contribution in [-0.4, -0.2) is 70.9 Å². The fraction of sp³-hybridized carbons (Fsp3) is 0.745. The van der Waals surface area contributed by atoms with E-state index in [-0.39, 0.29) is 40.1 Å². The number of aromatic nitrogens is 1. The number of esters is 1. The third kappa shape index (κ3) is 7.47. The molecule has 1 N–H and O–H groups in total. The molecule has 8 atom stereocenters. The number of ketones is 1. The van der Waals surface area contributed by atoms with Gasteiger partial charge in [0.25, 0.3) is 0 Å². The lowest BCUT2D eigenvalue weighted by Crippen LogP contribution is -2.63. The first-order chi connectivity index (χ1) is 25.7. The lowest BCUT2D eigenvalue weighted by atomic mass is 9.36. The monoisotopic (exact) mass is 758 g/mol. The Bertz CT molecular complexity index is 1680. The van der Waals surface area contributed by atoms with E-state index in [0.717, 1.165) is 81.5 Å². The number of likely N-dealkylation sites (N-methyl/N-ethyl adjacent to an activating group) is 1. The molecule has 4 saturated carbocycles. The van der Waals surface area contributed by atoms with Crippen LogP contribution in [0.3, 0.4) is 0 Å². The molecule has 1 aromatic heterocycles. The topological polar surface area (TPSA) is 100 Å². The van der Waals surface area contributed by atoms with Gasteiger partial charge in [-0.2, -0.15) is 0 Å². The lowest BCUT2D eigenvalue weighted by molar-refractivity contribution is -0.214. The molecule has 0 spiro atoms. The maximum absolute atomic E-state index is 14.2. The molecule has 0 amide bonds. The number of carboxylic acids is 1. The van der Waals surface area contributed by atoms with Crippen LogP contribution in [0, 0.1) is 56.7 Å². The summed E-state index contributed by atoms with van der Waals surface area (Å²) in [5.74, 6) is 1.20. The highest BCUT2D eigenvalue weighted by Gasteiger charge is 2.66. The van der Waals surface area contributed by atoms with Gasteiger partial charge in [0.2, 0.25) is 0 Å². The number of pyridine rings is 1. The minimum atomic E-state index is -1.15. The van der Waals surface area contributed by atoms with Gasteiger partial charge in [0, 0.05) is 42.2 Å². The zero-order valence-electron chi connectivity index (χ0n) is 35.8. The van der Waals surface area contributed by atoms with Gasteiger partial charge < -0.3 is 19.6 Å². The van der Waals surface area contributed by atoms with Gasteiger partial charge in [-0.15, -0.1) is 0 Å². The first-order valence-corrected chi connectivity index (χ1v) is 21.3. The van der Waals surface area contributed by atoms with Crippen LogP contribution >= 0.6 is 0 Å². The first kappa shape index (κ1) is 41.6. The molecule has 0 bridgehead atoms. The second-order valence-corrected chi connectivity index (χ2v) is 20.8.